The van der Waals surface area contributed by atoms with Gasteiger partial charge in [-0.05, 0) is 6.07 Å². The van der Waals surface area contributed by atoms with Crippen molar-refractivity contribution in [3.63, 3.8) is 0 Å². The summed E-state index contributed by atoms with van der Waals surface area (Å²) >= 11 is 5.85. The summed E-state index contributed by atoms with van der Waals surface area (Å²) in [7, 11) is 1.32. The summed E-state index contributed by atoms with van der Waals surface area (Å²) in [5.41, 5.74) is 0.868. The number of carbonyl (C=O) groups is 1. The highest BCUT2D eigenvalue weighted by Gasteiger charge is 2.13. The highest BCUT2D eigenvalue weighted by molar-refractivity contribution is 6.34. The second kappa shape index (κ2) is 3.82. The topological polar surface area (TPSA) is 52.1 Å². The summed E-state index contributed by atoms with van der Waals surface area (Å²) in [6, 6.07) is 3.48. The van der Waals surface area contributed by atoms with Crippen molar-refractivity contribution in [1.29, 1.82) is 0 Å². The molecule has 5 heteroatoms. The van der Waals surface area contributed by atoms with Crippen LogP contribution in [0.25, 0.3) is 10.9 Å². The second-order valence-corrected chi connectivity index (χ2v) is 3.21. The number of hydrogen-bond donors (Lipinski definition) is 0. The Morgan fingerprint density at radius 3 is 3.00 bits per heavy atom. The number of rotatable bonds is 1. The number of pyridine rings is 2. The molecule has 0 unspecified atom stereocenters. The lowest BCUT2D eigenvalue weighted by molar-refractivity contribution is 0.0602. The van der Waals surface area contributed by atoms with Gasteiger partial charge in [-0.3, -0.25) is 4.98 Å². The molecular formula is C10H7ClN2O2. The zero-order chi connectivity index (χ0) is 10.8. The van der Waals surface area contributed by atoms with E-state index in [1.165, 1.54) is 13.3 Å². The Morgan fingerprint density at radius 1 is 1.47 bits per heavy atom. The summed E-state index contributed by atoms with van der Waals surface area (Å²) in [5, 5.41) is 0.919. The van der Waals surface area contributed by atoms with Crippen LogP contribution in [0.4, 0.5) is 0 Å². The van der Waals surface area contributed by atoms with E-state index in [0.717, 1.165) is 0 Å². The smallest absolute Gasteiger partial charge is 0.340 e. The number of ether oxygens (including phenoxy) is 1. The molecule has 15 heavy (non-hydrogen) atoms. The van der Waals surface area contributed by atoms with Crippen molar-refractivity contribution in [3.8, 4) is 0 Å². The number of aromatic nitrogens is 2. The van der Waals surface area contributed by atoms with Gasteiger partial charge in [0.05, 0.1) is 12.7 Å². The molecule has 0 N–H and O–H groups in total. The summed E-state index contributed by atoms with van der Waals surface area (Å²) in [6.45, 7) is 0. The third kappa shape index (κ3) is 1.64. The van der Waals surface area contributed by atoms with E-state index in [9.17, 15) is 4.79 Å². The normalized spacial score (nSPS) is 10.3. The Labute approximate surface area is 90.9 Å². The zero-order valence-corrected chi connectivity index (χ0v) is 8.65. The minimum atomic E-state index is -0.447. The molecule has 0 amide bonds. The van der Waals surface area contributed by atoms with Crippen LogP contribution >= 0.6 is 11.6 Å². The molecule has 0 fully saturated rings. The van der Waals surface area contributed by atoms with Crippen molar-refractivity contribution in [2.24, 2.45) is 0 Å². The van der Waals surface area contributed by atoms with Crippen LogP contribution in [-0.4, -0.2) is 23.0 Å². The van der Waals surface area contributed by atoms with E-state index in [1.54, 1.807) is 18.3 Å². The summed E-state index contributed by atoms with van der Waals surface area (Å²) in [6.07, 6.45) is 2.98. The first-order chi connectivity index (χ1) is 7.24. The Morgan fingerprint density at radius 2 is 2.27 bits per heavy atom. The molecule has 0 radical (unpaired) electrons. The molecule has 2 aromatic heterocycles. The van der Waals surface area contributed by atoms with Gasteiger partial charge in [-0.15, -0.1) is 0 Å². The average Bonchev–Trinajstić information content (AvgIpc) is 2.29. The summed E-state index contributed by atoms with van der Waals surface area (Å²) in [4.78, 5) is 19.3. The predicted molar refractivity (Wildman–Crippen MR) is 55.9 cm³/mol. The fourth-order valence-electron chi connectivity index (χ4n) is 1.31. The van der Waals surface area contributed by atoms with Crippen molar-refractivity contribution in [1.82, 2.24) is 9.97 Å². The number of halogens is 1. The van der Waals surface area contributed by atoms with Crippen molar-refractivity contribution in [2.45, 2.75) is 0 Å². The molecule has 0 aromatic carbocycles. The molecule has 0 aliphatic rings. The highest BCUT2D eigenvalue weighted by Crippen LogP contribution is 2.22. The quantitative estimate of drug-likeness (QED) is 0.548. The van der Waals surface area contributed by atoms with Crippen molar-refractivity contribution in [2.75, 3.05) is 7.11 Å². The van der Waals surface area contributed by atoms with Gasteiger partial charge in [-0.25, -0.2) is 9.78 Å². The van der Waals surface area contributed by atoms with Crippen LogP contribution < -0.4 is 0 Å². The SMILES string of the molecule is COC(=O)c1cnc(Cl)c2ncccc12. The lowest BCUT2D eigenvalue weighted by Crippen LogP contribution is -2.03. The van der Waals surface area contributed by atoms with Crippen molar-refractivity contribution < 1.29 is 9.53 Å². The van der Waals surface area contributed by atoms with Gasteiger partial charge in [-0.1, -0.05) is 17.7 Å². The third-order valence-corrected chi connectivity index (χ3v) is 2.28. The van der Waals surface area contributed by atoms with E-state index in [1.807, 2.05) is 0 Å². The average molecular weight is 223 g/mol. The fourth-order valence-corrected chi connectivity index (χ4v) is 1.51. The molecule has 2 aromatic rings. The largest absolute Gasteiger partial charge is 0.465 e. The number of nitrogens with zero attached hydrogens (tertiary/aromatic N) is 2. The molecule has 0 bridgehead atoms. The Kier molecular flexibility index (Phi) is 2.51. The molecule has 0 saturated carbocycles. The van der Waals surface area contributed by atoms with Crippen molar-refractivity contribution >= 4 is 28.5 Å². The van der Waals surface area contributed by atoms with Crippen LogP contribution in [-0.2, 0) is 4.74 Å². The van der Waals surface area contributed by atoms with Crippen LogP contribution in [0.5, 0.6) is 0 Å². The number of fused-ring (bicyclic) bond motifs is 1. The first kappa shape index (κ1) is 9.86. The van der Waals surface area contributed by atoms with E-state index in [4.69, 9.17) is 11.6 Å². The molecule has 0 saturated heterocycles. The number of esters is 1. The minimum absolute atomic E-state index is 0.276. The third-order valence-electron chi connectivity index (χ3n) is 2.01. The van der Waals surface area contributed by atoms with Gasteiger partial charge in [0.25, 0.3) is 0 Å². The number of methoxy groups -OCH3 is 1. The van der Waals surface area contributed by atoms with E-state index in [0.29, 0.717) is 16.5 Å². The molecule has 2 heterocycles. The number of hydrogen-bond acceptors (Lipinski definition) is 4. The fraction of sp³-hybridized carbons (Fsp3) is 0.100. The standard InChI is InChI=1S/C10H7ClN2O2/c1-15-10(14)7-5-13-9(11)8-6(7)3-2-4-12-8/h2-5H,1H3. The molecule has 0 spiro atoms. The van der Waals surface area contributed by atoms with Crippen LogP contribution in [0.3, 0.4) is 0 Å². The van der Waals surface area contributed by atoms with Crippen LogP contribution in [0, 0.1) is 0 Å². The van der Waals surface area contributed by atoms with Gasteiger partial charge in [0.1, 0.15) is 5.52 Å². The Hall–Kier alpha value is -1.68. The van der Waals surface area contributed by atoms with Gasteiger partial charge in [0.15, 0.2) is 5.15 Å². The zero-order valence-electron chi connectivity index (χ0n) is 7.90. The lowest BCUT2D eigenvalue weighted by atomic mass is 10.1. The first-order valence-electron chi connectivity index (χ1n) is 4.21. The van der Waals surface area contributed by atoms with Gasteiger partial charge in [0, 0.05) is 17.8 Å². The highest BCUT2D eigenvalue weighted by atomic mass is 35.5. The van der Waals surface area contributed by atoms with Gasteiger partial charge in [-0.2, -0.15) is 0 Å². The summed E-state index contributed by atoms with van der Waals surface area (Å²) in [5.74, 6) is -0.447. The summed E-state index contributed by atoms with van der Waals surface area (Å²) < 4.78 is 4.63. The molecule has 0 aliphatic heterocycles. The molecular weight excluding hydrogens is 216 g/mol. The van der Waals surface area contributed by atoms with Crippen molar-refractivity contribution in [3.05, 3.63) is 35.2 Å². The molecule has 0 aliphatic carbocycles. The maximum absolute atomic E-state index is 11.4. The number of carbonyl (C=O) groups excluding carboxylic acids is 1. The molecule has 76 valence electrons. The van der Waals surface area contributed by atoms with Gasteiger partial charge >= 0.3 is 5.97 Å². The molecule has 2 rings (SSSR count). The monoisotopic (exact) mass is 222 g/mol. The molecule has 0 atom stereocenters. The minimum Gasteiger partial charge on any atom is -0.465 e. The first-order valence-corrected chi connectivity index (χ1v) is 4.59. The lowest BCUT2D eigenvalue weighted by Gasteiger charge is -2.03. The van der Waals surface area contributed by atoms with E-state index in [2.05, 4.69) is 14.7 Å². The Balaban J connectivity index is 2.77. The van der Waals surface area contributed by atoms with Gasteiger partial charge < -0.3 is 4.74 Å². The van der Waals surface area contributed by atoms with E-state index in [-0.39, 0.29) is 5.15 Å². The van der Waals surface area contributed by atoms with Gasteiger partial charge in [0.2, 0.25) is 0 Å². The second-order valence-electron chi connectivity index (χ2n) is 2.85. The van der Waals surface area contributed by atoms with Crippen LogP contribution in [0.1, 0.15) is 10.4 Å². The predicted octanol–water partition coefficient (Wildman–Crippen LogP) is 2.07. The van der Waals surface area contributed by atoms with Crippen LogP contribution in [0.15, 0.2) is 24.5 Å². The van der Waals surface area contributed by atoms with E-state index < -0.39 is 5.97 Å². The maximum atomic E-state index is 11.4. The van der Waals surface area contributed by atoms with Crippen LogP contribution in [0.2, 0.25) is 5.15 Å². The molecule has 4 nitrogen and oxygen atoms in total. The van der Waals surface area contributed by atoms with E-state index >= 15 is 0 Å². The Bertz CT molecular complexity index is 528. The maximum Gasteiger partial charge on any atom is 0.340 e.